The molecule has 4 heterocycles. The van der Waals surface area contributed by atoms with Crippen LogP contribution in [-0.2, 0) is 0 Å². The average molecular weight is 568 g/mol. The molecule has 0 aliphatic carbocycles. The predicted molar refractivity (Wildman–Crippen MR) is 179 cm³/mol. The zero-order chi connectivity index (χ0) is 28.1. The highest BCUT2D eigenvalue weighted by Gasteiger charge is 2.22. The number of hydrogen-bond donors (Lipinski definition) is 0. The Morgan fingerprint density at radius 3 is 2.23 bits per heavy atom. The standard InChI is InChI=1S/C38H21N3OS/c1-2-11-23(12-3-1)35-37(39-36-26-15-7-9-17-31(26)42-38(36)40-35)41-29-16-8-6-14-25(29)27-20-28-33(21-30(27)41)43-32-19-18-22-10-4-5-13-24(22)34(28)32/h1-21H. The number of hydrogen-bond acceptors (Lipinski definition) is 4. The maximum Gasteiger partial charge on any atom is 0.247 e. The molecule has 0 fully saturated rings. The predicted octanol–water partition coefficient (Wildman–Crippen LogP) is 10.7. The molecule has 0 amide bonds. The van der Waals surface area contributed by atoms with Crippen molar-refractivity contribution >= 4 is 86.3 Å². The van der Waals surface area contributed by atoms with Crippen molar-refractivity contribution in [2.24, 2.45) is 0 Å². The minimum atomic E-state index is 0.545. The van der Waals surface area contributed by atoms with E-state index in [1.54, 1.807) is 0 Å². The van der Waals surface area contributed by atoms with Crippen LogP contribution >= 0.6 is 11.3 Å². The highest BCUT2D eigenvalue weighted by atomic mass is 32.1. The number of rotatable bonds is 2. The first-order chi connectivity index (χ1) is 21.3. The van der Waals surface area contributed by atoms with Gasteiger partial charge in [0.05, 0.1) is 11.0 Å². The van der Waals surface area contributed by atoms with Gasteiger partial charge in [0.2, 0.25) is 5.71 Å². The number of para-hydroxylation sites is 2. The Bertz CT molecular complexity index is 2730. The molecule has 10 aromatic rings. The average Bonchev–Trinajstić information content (AvgIpc) is 3.72. The summed E-state index contributed by atoms with van der Waals surface area (Å²) in [6.07, 6.45) is 0. The molecule has 0 atom stereocenters. The van der Waals surface area contributed by atoms with Gasteiger partial charge in [0.25, 0.3) is 0 Å². The molecule has 0 unspecified atom stereocenters. The molecule has 0 radical (unpaired) electrons. The number of furan rings is 1. The molecule has 0 spiro atoms. The van der Waals surface area contributed by atoms with Crippen molar-refractivity contribution in [1.29, 1.82) is 0 Å². The second-order valence-electron chi connectivity index (χ2n) is 11.0. The first kappa shape index (κ1) is 23.1. The molecule has 0 aliphatic rings. The van der Waals surface area contributed by atoms with E-state index in [4.69, 9.17) is 14.4 Å². The molecule has 43 heavy (non-hydrogen) atoms. The third kappa shape index (κ3) is 3.20. The van der Waals surface area contributed by atoms with Gasteiger partial charge in [-0.2, -0.15) is 0 Å². The van der Waals surface area contributed by atoms with Gasteiger partial charge in [0.1, 0.15) is 16.8 Å². The first-order valence-electron chi connectivity index (χ1n) is 14.3. The number of fused-ring (bicyclic) bond motifs is 11. The van der Waals surface area contributed by atoms with Gasteiger partial charge < -0.3 is 4.42 Å². The number of nitrogens with zero attached hydrogens (tertiary/aromatic N) is 3. The summed E-state index contributed by atoms with van der Waals surface area (Å²) in [5.41, 5.74) is 6.10. The van der Waals surface area contributed by atoms with Gasteiger partial charge in [-0.15, -0.1) is 11.3 Å². The number of benzene rings is 6. The Labute approximate surface area is 249 Å². The fourth-order valence-corrected chi connectivity index (χ4v) is 7.83. The number of thiophene rings is 1. The topological polar surface area (TPSA) is 43.9 Å². The van der Waals surface area contributed by atoms with E-state index in [1.165, 1.54) is 41.7 Å². The Hall–Kier alpha value is -5.52. The molecule has 4 nitrogen and oxygen atoms in total. The highest BCUT2D eigenvalue weighted by molar-refractivity contribution is 7.26. The van der Waals surface area contributed by atoms with Crippen molar-refractivity contribution in [2.45, 2.75) is 0 Å². The van der Waals surface area contributed by atoms with Crippen molar-refractivity contribution in [1.82, 2.24) is 14.5 Å². The summed E-state index contributed by atoms with van der Waals surface area (Å²) in [5.74, 6) is 0.794. The second kappa shape index (κ2) is 8.51. The van der Waals surface area contributed by atoms with E-state index in [0.29, 0.717) is 5.71 Å². The van der Waals surface area contributed by atoms with E-state index >= 15 is 0 Å². The summed E-state index contributed by atoms with van der Waals surface area (Å²) >= 11 is 1.85. The van der Waals surface area contributed by atoms with Crippen LogP contribution in [0.3, 0.4) is 0 Å². The fourth-order valence-electron chi connectivity index (χ4n) is 6.70. The fraction of sp³-hybridized carbons (Fsp3) is 0. The first-order valence-corrected chi connectivity index (χ1v) is 15.2. The Kier molecular flexibility index (Phi) is 4.57. The Balaban J connectivity index is 1.38. The van der Waals surface area contributed by atoms with Gasteiger partial charge in [0.15, 0.2) is 5.82 Å². The van der Waals surface area contributed by atoms with Crippen LogP contribution in [0.1, 0.15) is 0 Å². The summed E-state index contributed by atoms with van der Waals surface area (Å²) in [4.78, 5) is 10.5. The number of aromatic nitrogens is 3. The van der Waals surface area contributed by atoms with Crippen LogP contribution in [-0.4, -0.2) is 14.5 Å². The van der Waals surface area contributed by atoms with Gasteiger partial charge in [-0.05, 0) is 47.2 Å². The summed E-state index contributed by atoms with van der Waals surface area (Å²) in [7, 11) is 0. The summed E-state index contributed by atoms with van der Waals surface area (Å²) in [6.45, 7) is 0. The third-order valence-corrected chi connectivity index (χ3v) is 9.73. The van der Waals surface area contributed by atoms with Gasteiger partial charge in [-0.25, -0.2) is 9.97 Å². The van der Waals surface area contributed by atoms with Crippen LogP contribution in [0.25, 0.3) is 92.0 Å². The molecule has 6 aromatic carbocycles. The second-order valence-corrected chi connectivity index (χ2v) is 12.1. The van der Waals surface area contributed by atoms with Gasteiger partial charge in [0, 0.05) is 41.9 Å². The van der Waals surface area contributed by atoms with Crippen molar-refractivity contribution in [3.05, 3.63) is 127 Å². The van der Waals surface area contributed by atoms with E-state index in [-0.39, 0.29) is 0 Å². The lowest BCUT2D eigenvalue weighted by molar-refractivity contribution is 0.653. The molecule has 5 heteroatoms. The largest absolute Gasteiger partial charge is 0.436 e. The molecule has 4 aromatic heterocycles. The van der Waals surface area contributed by atoms with E-state index in [2.05, 4.69) is 95.6 Å². The monoisotopic (exact) mass is 567 g/mol. The molecule has 0 aliphatic heterocycles. The molecular formula is C38H21N3OS. The van der Waals surface area contributed by atoms with Gasteiger partial charge in [-0.1, -0.05) is 91.0 Å². The zero-order valence-corrected chi connectivity index (χ0v) is 23.6. The van der Waals surface area contributed by atoms with Crippen molar-refractivity contribution in [2.75, 3.05) is 0 Å². The lowest BCUT2D eigenvalue weighted by atomic mass is 10.0. The van der Waals surface area contributed by atoms with E-state index in [0.717, 1.165) is 44.6 Å². The smallest absolute Gasteiger partial charge is 0.247 e. The SMILES string of the molecule is c1ccc(-c2nc3oc4ccccc4c3nc2-n2c3ccccc3c3cc4c(cc32)sc2ccc3ccccc3c24)cc1. The van der Waals surface area contributed by atoms with Crippen LogP contribution in [0.5, 0.6) is 0 Å². The van der Waals surface area contributed by atoms with Crippen LogP contribution < -0.4 is 0 Å². The van der Waals surface area contributed by atoms with Crippen molar-refractivity contribution in [3.8, 4) is 17.1 Å². The molecular weight excluding hydrogens is 547 g/mol. The van der Waals surface area contributed by atoms with E-state index in [1.807, 2.05) is 47.7 Å². The molecule has 0 saturated heterocycles. The lowest BCUT2D eigenvalue weighted by Gasteiger charge is -2.12. The zero-order valence-electron chi connectivity index (χ0n) is 22.8. The maximum absolute atomic E-state index is 6.21. The van der Waals surface area contributed by atoms with E-state index in [9.17, 15) is 0 Å². The molecule has 0 saturated carbocycles. The summed E-state index contributed by atoms with van der Waals surface area (Å²) in [6, 6.07) is 44.8. The third-order valence-electron chi connectivity index (χ3n) is 8.61. The van der Waals surface area contributed by atoms with Crippen LogP contribution in [0, 0.1) is 0 Å². The Morgan fingerprint density at radius 2 is 1.33 bits per heavy atom. The molecule has 10 rings (SSSR count). The maximum atomic E-state index is 6.21. The van der Waals surface area contributed by atoms with Crippen molar-refractivity contribution < 1.29 is 4.42 Å². The van der Waals surface area contributed by atoms with Crippen LogP contribution in [0.15, 0.2) is 132 Å². The quantitative estimate of drug-likeness (QED) is 0.209. The highest BCUT2D eigenvalue weighted by Crippen LogP contribution is 2.44. The van der Waals surface area contributed by atoms with Gasteiger partial charge >= 0.3 is 0 Å². The summed E-state index contributed by atoms with van der Waals surface area (Å²) in [5, 5.41) is 8.53. The summed E-state index contributed by atoms with van der Waals surface area (Å²) < 4.78 is 11.1. The molecule has 0 bridgehead atoms. The Morgan fingerprint density at radius 1 is 0.558 bits per heavy atom. The van der Waals surface area contributed by atoms with Crippen LogP contribution in [0.2, 0.25) is 0 Å². The van der Waals surface area contributed by atoms with E-state index < -0.39 is 0 Å². The normalized spacial score (nSPS) is 12.2. The lowest BCUT2D eigenvalue weighted by Crippen LogP contribution is -2.03. The minimum Gasteiger partial charge on any atom is -0.436 e. The van der Waals surface area contributed by atoms with Crippen molar-refractivity contribution in [3.63, 3.8) is 0 Å². The molecule has 0 N–H and O–H groups in total. The molecule has 200 valence electrons. The minimum absolute atomic E-state index is 0.545. The van der Waals surface area contributed by atoms with Gasteiger partial charge in [-0.3, -0.25) is 4.57 Å². The van der Waals surface area contributed by atoms with Crippen LogP contribution in [0.4, 0.5) is 0 Å².